The van der Waals surface area contributed by atoms with E-state index in [1.807, 2.05) is 13.0 Å². The largest absolute Gasteiger partial charge is 0.447 e. The van der Waals surface area contributed by atoms with Crippen molar-refractivity contribution in [3.8, 4) is 0 Å². The van der Waals surface area contributed by atoms with Gasteiger partial charge in [0, 0.05) is 12.2 Å². The first-order chi connectivity index (χ1) is 9.56. The SMILES string of the molecule is CCC(=O)c1ccc(SCC/C=C(\C)CC(C)CC)o1. The summed E-state index contributed by atoms with van der Waals surface area (Å²) in [5.74, 6) is 2.32. The van der Waals surface area contributed by atoms with E-state index in [-0.39, 0.29) is 5.78 Å². The number of carbonyl (C=O) groups excluding carboxylic acids is 1. The van der Waals surface area contributed by atoms with E-state index in [4.69, 9.17) is 4.42 Å². The lowest BCUT2D eigenvalue weighted by molar-refractivity contribution is 0.0956. The highest BCUT2D eigenvalue weighted by atomic mass is 32.2. The minimum Gasteiger partial charge on any atom is -0.447 e. The van der Waals surface area contributed by atoms with E-state index in [0.717, 1.165) is 23.2 Å². The van der Waals surface area contributed by atoms with Crippen molar-refractivity contribution in [3.05, 3.63) is 29.5 Å². The monoisotopic (exact) mass is 294 g/mol. The number of rotatable bonds is 9. The molecule has 0 bridgehead atoms. The second-order valence-corrected chi connectivity index (χ2v) is 6.40. The van der Waals surface area contributed by atoms with Crippen LogP contribution in [0.4, 0.5) is 0 Å². The van der Waals surface area contributed by atoms with Gasteiger partial charge >= 0.3 is 0 Å². The first-order valence-electron chi connectivity index (χ1n) is 7.48. The molecule has 0 aliphatic heterocycles. The highest BCUT2D eigenvalue weighted by Crippen LogP contribution is 2.23. The van der Waals surface area contributed by atoms with Gasteiger partial charge in [-0.25, -0.2) is 0 Å². The van der Waals surface area contributed by atoms with E-state index in [2.05, 4.69) is 26.8 Å². The summed E-state index contributed by atoms with van der Waals surface area (Å²) in [6.45, 7) is 8.59. The average molecular weight is 294 g/mol. The smallest absolute Gasteiger partial charge is 0.197 e. The molecule has 3 heteroatoms. The Morgan fingerprint density at radius 3 is 2.80 bits per heavy atom. The summed E-state index contributed by atoms with van der Waals surface area (Å²) in [6.07, 6.45) is 6.29. The molecule has 1 aromatic rings. The first-order valence-corrected chi connectivity index (χ1v) is 8.46. The van der Waals surface area contributed by atoms with Crippen LogP contribution in [0.3, 0.4) is 0 Å². The molecule has 0 saturated carbocycles. The molecule has 0 fully saturated rings. The predicted molar refractivity (Wildman–Crippen MR) is 86.5 cm³/mol. The van der Waals surface area contributed by atoms with Crippen LogP contribution in [0.1, 0.15) is 63.9 Å². The van der Waals surface area contributed by atoms with Crippen LogP contribution in [0.15, 0.2) is 33.3 Å². The molecular weight excluding hydrogens is 268 g/mol. The van der Waals surface area contributed by atoms with Crippen molar-refractivity contribution < 1.29 is 9.21 Å². The predicted octanol–water partition coefficient (Wildman–Crippen LogP) is 5.74. The van der Waals surface area contributed by atoms with Gasteiger partial charge in [-0.1, -0.05) is 50.6 Å². The molecule has 1 aromatic heterocycles. The summed E-state index contributed by atoms with van der Waals surface area (Å²) in [6, 6.07) is 3.67. The van der Waals surface area contributed by atoms with E-state index in [1.165, 1.54) is 18.4 Å². The van der Waals surface area contributed by atoms with Gasteiger partial charge in [0.15, 0.2) is 16.6 Å². The second kappa shape index (κ2) is 9.06. The van der Waals surface area contributed by atoms with Crippen LogP contribution in [0.25, 0.3) is 0 Å². The summed E-state index contributed by atoms with van der Waals surface area (Å²) in [7, 11) is 0. The third-order valence-corrected chi connectivity index (χ3v) is 4.34. The number of hydrogen-bond donors (Lipinski definition) is 0. The van der Waals surface area contributed by atoms with Gasteiger partial charge in [-0.2, -0.15) is 0 Å². The van der Waals surface area contributed by atoms with Gasteiger partial charge in [-0.05, 0) is 37.8 Å². The van der Waals surface area contributed by atoms with Crippen molar-refractivity contribution in [2.24, 2.45) is 5.92 Å². The number of ketones is 1. The lowest BCUT2D eigenvalue weighted by Gasteiger charge is -2.08. The zero-order valence-corrected chi connectivity index (χ0v) is 13.9. The molecule has 1 heterocycles. The van der Waals surface area contributed by atoms with Gasteiger partial charge in [-0.15, -0.1) is 0 Å². The number of allylic oxidation sites excluding steroid dienone is 2. The van der Waals surface area contributed by atoms with Gasteiger partial charge in [0.2, 0.25) is 0 Å². The van der Waals surface area contributed by atoms with Crippen LogP contribution >= 0.6 is 11.8 Å². The summed E-state index contributed by atoms with van der Waals surface area (Å²) >= 11 is 1.67. The topological polar surface area (TPSA) is 30.2 Å². The third kappa shape index (κ3) is 6.00. The Morgan fingerprint density at radius 1 is 1.40 bits per heavy atom. The maximum absolute atomic E-state index is 11.5. The molecule has 1 rings (SSSR count). The zero-order chi connectivity index (χ0) is 15.0. The molecule has 1 atom stereocenters. The molecule has 0 radical (unpaired) electrons. The maximum atomic E-state index is 11.5. The Bertz CT molecular complexity index is 446. The molecule has 0 aliphatic carbocycles. The van der Waals surface area contributed by atoms with Gasteiger partial charge in [-0.3, -0.25) is 4.79 Å². The van der Waals surface area contributed by atoms with Crippen LogP contribution in [0, 0.1) is 5.92 Å². The molecule has 112 valence electrons. The summed E-state index contributed by atoms with van der Waals surface area (Å²) in [4.78, 5) is 11.5. The molecule has 0 N–H and O–H groups in total. The summed E-state index contributed by atoms with van der Waals surface area (Å²) in [5, 5.41) is 0.842. The Hall–Kier alpha value is -0.960. The Labute approximate surface area is 127 Å². The second-order valence-electron chi connectivity index (χ2n) is 5.30. The van der Waals surface area contributed by atoms with Crippen molar-refractivity contribution >= 4 is 17.5 Å². The maximum Gasteiger partial charge on any atom is 0.197 e. The van der Waals surface area contributed by atoms with Crippen molar-refractivity contribution in [1.82, 2.24) is 0 Å². The molecule has 20 heavy (non-hydrogen) atoms. The van der Waals surface area contributed by atoms with Crippen LogP contribution in [-0.2, 0) is 0 Å². The molecule has 2 nitrogen and oxygen atoms in total. The van der Waals surface area contributed by atoms with Crippen LogP contribution < -0.4 is 0 Å². The fraction of sp³-hybridized carbons (Fsp3) is 0.588. The van der Waals surface area contributed by atoms with Crippen LogP contribution in [0.5, 0.6) is 0 Å². The first kappa shape index (κ1) is 17.1. The van der Waals surface area contributed by atoms with Crippen LogP contribution in [-0.4, -0.2) is 11.5 Å². The normalized spacial score (nSPS) is 13.5. The van der Waals surface area contributed by atoms with E-state index >= 15 is 0 Å². The minimum atomic E-state index is 0.0705. The van der Waals surface area contributed by atoms with E-state index in [0.29, 0.717) is 12.2 Å². The standard InChI is InChI=1S/C17H26O2S/c1-5-13(3)12-14(4)8-7-11-20-17-10-9-16(19-17)15(18)6-2/h8-10,13H,5-7,11-12H2,1-4H3/b14-8+. The zero-order valence-electron chi connectivity index (χ0n) is 13.1. The van der Waals surface area contributed by atoms with Gasteiger partial charge in [0.05, 0.1) is 0 Å². The number of furan rings is 1. The number of hydrogen-bond acceptors (Lipinski definition) is 3. The molecular formula is C17H26O2S. The van der Waals surface area contributed by atoms with Crippen molar-refractivity contribution in [2.75, 3.05) is 5.75 Å². The summed E-state index contributed by atoms with van der Waals surface area (Å²) in [5.41, 5.74) is 1.47. The molecule has 0 aliphatic rings. The van der Waals surface area contributed by atoms with Crippen molar-refractivity contribution in [1.29, 1.82) is 0 Å². The average Bonchev–Trinajstić information content (AvgIpc) is 2.91. The fourth-order valence-electron chi connectivity index (χ4n) is 1.96. The quantitative estimate of drug-likeness (QED) is 0.252. The lowest BCUT2D eigenvalue weighted by Crippen LogP contribution is -1.93. The van der Waals surface area contributed by atoms with Gasteiger partial charge < -0.3 is 4.42 Å². The van der Waals surface area contributed by atoms with Crippen molar-refractivity contribution in [2.45, 2.75) is 58.5 Å². The van der Waals surface area contributed by atoms with Crippen molar-refractivity contribution in [3.63, 3.8) is 0 Å². The minimum absolute atomic E-state index is 0.0705. The lowest BCUT2D eigenvalue weighted by atomic mass is 9.99. The fourth-order valence-corrected chi connectivity index (χ4v) is 2.71. The Morgan fingerprint density at radius 2 is 2.15 bits per heavy atom. The number of Topliss-reactive ketones (excluding diaryl/α,β-unsaturated/α-hetero) is 1. The number of thioether (sulfide) groups is 1. The molecule has 1 unspecified atom stereocenters. The molecule has 0 aromatic carbocycles. The van der Waals surface area contributed by atoms with E-state index in [1.54, 1.807) is 17.8 Å². The Balaban J connectivity index is 2.32. The third-order valence-electron chi connectivity index (χ3n) is 3.40. The van der Waals surface area contributed by atoms with Gasteiger partial charge in [0.1, 0.15) is 0 Å². The van der Waals surface area contributed by atoms with E-state index in [9.17, 15) is 4.79 Å². The highest BCUT2D eigenvalue weighted by molar-refractivity contribution is 7.99. The molecule has 0 amide bonds. The van der Waals surface area contributed by atoms with E-state index < -0.39 is 0 Å². The summed E-state index contributed by atoms with van der Waals surface area (Å²) < 4.78 is 5.52. The molecule has 0 saturated heterocycles. The molecule has 0 spiro atoms. The highest BCUT2D eigenvalue weighted by Gasteiger charge is 2.08. The van der Waals surface area contributed by atoms with Gasteiger partial charge in [0.25, 0.3) is 0 Å². The Kier molecular flexibility index (Phi) is 7.75. The van der Waals surface area contributed by atoms with Crippen LogP contribution in [0.2, 0.25) is 0 Å². The number of carbonyl (C=O) groups is 1.